The molecule has 1 aliphatic rings. The molecule has 126 valence electrons. The zero-order chi connectivity index (χ0) is 17.5. The van der Waals surface area contributed by atoms with Crippen LogP contribution in [0, 0.1) is 6.92 Å². The fraction of sp³-hybridized carbons (Fsp3) is 0.278. The molecule has 0 bridgehead atoms. The number of halogens is 5. The van der Waals surface area contributed by atoms with Crippen LogP contribution >= 0.6 is 23.2 Å². The summed E-state index contributed by atoms with van der Waals surface area (Å²) in [7, 11) is 0. The molecule has 0 aliphatic carbocycles. The third-order valence-corrected chi connectivity index (χ3v) is 4.74. The van der Waals surface area contributed by atoms with Gasteiger partial charge in [0.15, 0.2) is 0 Å². The number of hydrogen-bond donors (Lipinski definition) is 0. The minimum Gasteiger partial charge on any atom is -0.288 e. The summed E-state index contributed by atoms with van der Waals surface area (Å²) in [5, 5.41) is 0.349. The van der Waals surface area contributed by atoms with E-state index in [0.717, 1.165) is 17.3 Å². The molecule has 0 aromatic heterocycles. The van der Waals surface area contributed by atoms with Crippen LogP contribution < -0.4 is 0 Å². The van der Waals surface area contributed by atoms with E-state index in [4.69, 9.17) is 23.2 Å². The quantitative estimate of drug-likeness (QED) is 0.585. The Morgan fingerprint density at radius 3 is 2.33 bits per heavy atom. The highest BCUT2D eigenvalue weighted by Crippen LogP contribution is 2.50. The fourth-order valence-electron chi connectivity index (χ4n) is 3.07. The van der Waals surface area contributed by atoms with Gasteiger partial charge < -0.3 is 0 Å². The van der Waals surface area contributed by atoms with E-state index in [1.165, 1.54) is 18.2 Å². The molecular formula is C18H14Cl2F3N. The minimum absolute atomic E-state index is 0.0198. The Hall–Kier alpha value is -1.52. The molecule has 0 spiro atoms. The first-order valence-corrected chi connectivity index (χ1v) is 8.11. The van der Waals surface area contributed by atoms with E-state index in [0.29, 0.717) is 0 Å². The molecule has 2 aromatic rings. The zero-order valence-electron chi connectivity index (χ0n) is 12.7. The average Bonchev–Trinajstić information content (AvgIpc) is 2.92. The first kappa shape index (κ1) is 17.3. The predicted molar refractivity (Wildman–Crippen MR) is 91.2 cm³/mol. The molecule has 0 N–H and O–H groups in total. The van der Waals surface area contributed by atoms with Crippen molar-refractivity contribution in [3.05, 3.63) is 69.2 Å². The molecule has 1 heterocycles. The summed E-state index contributed by atoms with van der Waals surface area (Å²) in [5.74, 6) is 0. The smallest absolute Gasteiger partial charge is 0.288 e. The summed E-state index contributed by atoms with van der Waals surface area (Å²) in [4.78, 5) is 4.17. The minimum atomic E-state index is -4.50. The van der Waals surface area contributed by atoms with Gasteiger partial charge in [0, 0.05) is 16.3 Å². The Balaban J connectivity index is 2.06. The molecule has 24 heavy (non-hydrogen) atoms. The van der Waals surface area contributed by atoms with Gasteiger partial charge in [0.25, 0.3) is 0 Å². The predicted octanol–water partition coefficient (Wildman–Crippen LogP) is 6.32. The summed E-state index contributed by atoms with van der Waals surface area (Å²) >= 11 is 11.8. The summed E-state index contributed by atoms with van der Waals surface area (Å²) < 4.78 is 41.9. The number of hydrogen-bond acceptors (Lipinski definition) is 1. The van der Waals surface area contributed by atoms with Gasteiger partial charge in [-0.25, -0.2) is 0 Å². The number of rotatable bonds is 2. The van der Waals surface area contributed by atoms with Gasteiger partial charge in [-0.1, -0.05) is 53.0 Å². The van der Waals surface area contributed by atoms with Gasteiger partial charge in [-0.2, -0.15) is 13.2 Å². The Labute approximate surface area is 148 Å². The zero-order valence-corrected chi connectivity index (χ0v) is 14.3. The van der Waals surface area contributed by atoms with Gasteiger partial charge in [-0.15, -0.1) is 0 Å². The van der Waals surface area contributed by atoms with Crippen molar-refractivity contribution >= 4 is 29.4 Å². The van der Waals surface area contributed by atoms with Crippen molar-refractivity contribution in [2.24, 2.45) is 4.99 Å². The number of aryl methyl sites for hydroxylation is 1. The monoisotopic (exact) mass is 371 g/mol. The molecular weight excluding hydrogens is 358 g/mol. The summed E-state index contributed by atoms with van der Waals surface area (Å²) in [6.45, 7) is 1.90. The van der Waals surface area contributed by atoms with E-state index in [2.05, 4.69) is 4.99 Å². The van der Waals surface area contributed by atoms with Gasteiger partial charge in [0.2, 0.25) is 0 Å². The lowest BCUT2D eigenvalue weighted by atomic mass is 9.77. The third-order valence-electron chi connectivity index (χ3n) is 4.30. The van der Waals surface area contributed by atoms with Gasteiger partial charge >= 0.3 is 6.18 Å². The average molecular weight is 372 g/mol. The molecule has 0 radical (unpaired) electrons. The topological polar surface area (TPSA) is 12.4 Å². The Morgan fingerprint density at radius 1 is 1.08 bits per heavy atom. The van der Waals surface area contributed by atoms with Crippen molar-refractivity contribution < 1.29 is 13.2 Å². The van der Waals surface area contributed by atoms with Crippen molar-refractivity contribution in [3.63, 3.8) is 0 Å². The molecule has 2 unspecified atom stereocenters. The van der Waals surface area contributed by atoms with Crippen molar-refractivity contribution in [2.75, 3.05) is 0 Å². The van der Waals surface area contributed by atoms with Crippen LogP contribution in [0.25, 0.3) is 0 Å². The molecule has 6 heteroatoms. The van der Waals surface area contributed by atoms with E-state index in [1.807, 2.05) is 25.1 Å². The van der Waals surface area contributed by atoms with Crippen LogP contribution in [0.4, 0.5) is 13.2 Å². The second kappa shape index (κ2) is 6.08. The van der Waals surface area contributed by atoms with Gasteiger partial charge in [-0.05, 0) is 42.7 Å². The molecule has 1 aliphatic heterocycles. The maximum absolute atomic E-state index is 14.0. The molecule has 0 saturated carbocycles. The van der Waals surface area contributed by atoms with Crippen molar-refractivity contribution in [3.8, 4) is 0 Å². The highest BCUT2D eigenvalue weighted by molar-refractivity contribution is 6.34. The highest BCUT2D eigenvalue weighted by Gasteiger charge is 2.58. The van der Waals surface area contributed by atoms with Crippen molar-refractivity contribution in [2.45, 2.75) is 31.0 Å². The van der Waals surface area contributed by atoms with Crippen LogP contribution in [-0.2, 0) is 5.41 Å². The largest absolute Gasteiger partial charge is 0.403 e. The SMILES string of the molecule is Cc1cccc(C2CC(c3cc(Cl)cc(Cl)c3)(C(F)(F)F)C=N2)c1. The van der Waals surface area contributed by atoms with E-state index in [1.54, 1.807) is 6.07 Å². The van der Waals surface area contributed by atoms with E-state index >= 15 is 0 Å². The highest BCUT2D eigenvalue weighted by atomic mass is 35.5. The van der Waals surface area contributed by atoms with Gasteiger partial charge in [0.05, 0.1) is 6.04 Å². The maximum Gasteiger partial charge on any atom is 0.403 e. The van der Waals surface area contributed by atoms with Crippen LogP contribution in [0.3, 0.4) is 0 Å². The summed E-state index contributed by atoms with van der Waals surface area (Å²) in [5.41, 5.74) is -0.412. The van der Waals surface area contributed by atoms with Crippen LogP contribution in [0.1, 0.15) is 29.2 Å². The number of alkyl halides is 3. The number of benzene rings is 2. The lowest BCUT2D eigenvalue weighted by Gasteiger charge is -2.30. The molecule has 0 amide bonds. The molecule has 3 rings (SSSR count). The molecule has 2 aromatic carbocycles. The second-order valence-electron chi connectivity index (χ2n) is 6.04. The number of aliphatic imine (C=N–C) groups is 1. The maximum atomic E-state index is 14.0. The molecule has 0 saturated heterocycles. The molecule has 1 nitrogen and oxygen atoms in total. The Bertz CT molecular complexity index is 781. The van der Waals surface area contributed by atoms with Crippen molar-refractivity contribution in [1.82, 2.24) is 0 Å². The third kappa shape index (κ3) is 3.05. The fourth-order valence-corrected chi connectivity index (χ4v) is 3.59. The standard InChI is InChI=1S/C18H14Cl2F3N/c1-11-3-2-4-12(5-11)16-9-17(10-24-16,18(21,22)23)13-6-14(19)8-15(20)7-13/h2-8,10,16H,9H2,1H3. The van der Waals surface area contributed by atoms with E-state index in [9.17, 15) is 13.2 Å². The lowest BCUT2D eigenvalue weighted by molar-refractivity contribution is -0.168. The van der Waals surface area contributed by atoms with Crippen LogP contribution in [0.15, 0.2) is 47.5 Å². The first-order valence-electron chi connectivity index (χ1n) is 7.35. The van der Waals surface area contributed by atoms with Crippen molar-refractivity contribution in [1.29, 1.82) is 0 Å². The normalized spacial score (nSPS) is 23.7. The molecule has 2 atom stereocenters. The van der Waals surface area contributed by atoms with E-state index < -0.39 is 17.6 Å². The van der Waals surface area contributed by atoms with Crippen LogP contribution in [0.2, 0.25) is 10.0 Å². The molecule has 0 fully saturated rings. The second-order valence-corrected chi connectivity index (χ2v) is 6.91. The number of nitrogens with zero attached hydrogens (tertiary/aromatic N) is 1. The van der Waals surface area contributed by atoms with Gasteiger partial charge in [0.1, 0.15) is 5.41 Å². The summed E-state index contributed by atoms with van der Waals surface area (Å²) in [6, 6.07) is 10.9. The van der Waals surface area contributed by atoms with Crippen LogP contribution in [-0.4, -0.2) is 12.4 Å². The van der Waals surface area contributed by atoms with Crippen LogP contribution in [0.5, 0.6) is 0 Å². The Kier molecular flexibility index (Phi) is 4.39. The Morgan fingerprint density at radius 2 is 1.75 bits per heavy atom. The van der Waals surface area contributed by atoms with Gasteiger partial charge in [-0.3, -0.25) is 4.99 Å². The lowest BCUT2D eigenvalue weighted by Crippen LogP contribution is -2.42. The first-order chi connectivity index (χ1) is 11.2. The summed E-state index contributed by atoms with van der Waals surface area (Å²) in [6.07, 6.45) is -3.69. The van der Waals surface area contributed by atoms with E-state index in [-0.39, 0.29) is 22.0 Å².